The van der Waals surface area contributed by atoms with Gasteiger partial charge in [0.15, 0.2) is 0 Å². The summed E-state index contributed by atoms with van der Waals surface area (Å²) in [6, 6.07) is 0. The maximum atomic E-state index is 4.17. The van der Waals surface area contributed by atoms with Gasteiger partial charge in [0.25, 0.3) is 0 Å². The van der Waals surface area contributed by atoms with Crippen molar-refractivity contribution in [3.63, 3.8) is 0 Å². The average molecular weight is 180 g/mol. The van der Waals surface area contributed by atoms with Crippen molar-refractivity contribution in [2.24, 2.45) is 0 Å². The molecular weight excluding hydrogens is 168 g/mol. The molecule has 3 heteroatoms. The Labute approximate surface area is 76.7 Å². The van der Waals surface area contributed by atoms with Crippen LogP contribution in [-0.4, -0.2) is 4.98 Å². The standard InChI is InChI=1S/C9H12N2S/c1-4-8(10-5-2)9-6-11-7(3)12-9/h4-6,10H,2H2,1,3H3/b8-4-. The van der Waals surface area contributed by atoms with E-state index in [1.807, 2.05) is 26.1 Å². The van der Waals surface area contributed by atoms with Crippen LogP contribution >= 0.6 is 11.3 Å². The summed E-state index contributed by atoms with van der Waals surface area (Å²) in [5, 5.41) is 4.14. The molecule has 12 heavy (non-hydrogen) atoms. The minimum Gasteiger partial charge on any atom is -0.361 e. The van der Waals surface area contributed by atoms with Gasteiger partial charge in [0.05, 0.1) is 15.6 Å². The van der Waals surface area contributed by atoms with Crippen LogP contribution in [0, 0.1) is 6.92 Å². The third kappa shape index (κ3) is 1.95. The molecule has 0 aliphatic heterocycles. The van der Waals surface area contributed by atoms with Crippen molar-refractivity contribution in [1.82, 2.24) is 10.3 Å². The summed E-state index contributed by atoms with van der Waals surface area (Å²) in [4.78, 5) is 5.32. The van der Waals surface area contributed by atoms with E-state index < -0.39 is 0 Å². The summed E-state index contributed by atoms with van der Waals surface area (Å²) in [6.45, 7) is 7.60. The van der Waals surface area contributed by atoms with Gasteiger partial charge in [-0.25, -0.2) is 4.98 Å². The van der Waals surface area contributed by atoms with E-state index in [2.05, 4.69) is 16.9 Å². The normalized spacial score (nSPS) is 11.3. The number of aryl methyl sites for hydroxylation is 1. The van der Waals surface area contributed by atoms with Crippen LogP contribution in [0.4, 0.5) is 0 Å². The molecule has 0 spiro atoms. The summed E-state index contributed by atoms with van der Waals surface area (Å²) < 4.78 is 0. The van der Waals surface area contributed by atoms with E-state index in [1.165, 1.54) is 0 Å². The monoisotopic (exact) mass is 180 g/mol. The molecule has 1 heterocycles. The molecule has 0 aromatic carbocycles. The summed E-state index contributed by atoms with van der Waals surface area (Å²) >= 11 is 1.67. The number of nitrogens with one attached hydrogen (secondary N) is 1. The number of rotatable bonds is 3. The molecular formula is C9H12N2S. The van der Waals surface area contributed by atoms with Crippen molar-refractivity contribution in [3.8, 4) is 0 Å². The first kappa shape index (κ1) is 9.00. The minimum absolute atomic E-state index is 1.07. The second-order valence-electron chi connectivity index (χ2n) is 2.29. The van der Waals surface area contributed by atoms with Crippen molar-refractivity contribution in [2.75, 3.05) is 0 Å². The molecule has 0 unspecified atom stereocenters. The topological polar surface area (TPSA) is 24.9 Å². The van der Waals surface area contributed by atoms with Gasteiger partial charge in [-0.15, -0.1) is 11.3 Å². The number of hydrogen-bond donors (Lipinski definition) is 1. The zero-order valence-corrected chi connectivity index (χ0v) is 8.11. The van der Waals surface area contributed by atoms with Crippen LogP contribution in [0.25, 0.3) is 5.70 Å². The molecule has 0 saturated heterocycles. The molecule has 1 aromatic rings. The molecule has 1 N–H and O–H groups in total. The average Bonchev–Trinajstić information content (AvgIpc) is 2.47. The maximum absolute atomic E-state index is 4.17. The highest BCUT2D eigenvalue weighted by Crippen LogP contribution is 2.18. The highest BCUT2D eigenvalue weighted by Gasteiger charge is 2.01. The van der Waals surface area contributed by atoms with Crippen LogP contribution in [0.2, 0.25) is 0 Å². The third-order valence-electron chi connectivity index (χ3n) is 1.43. The highest BCUT2D eigenvalue weighted by molar-refractivity contribution is 7.12. The van der Waals surface area contributed by atoms with Crippen LogP contribution in [0.5, 0.6) is 0 Å². The van der Waals surface area contributed by atoms with Crippen LogP contribution in [0.15, 0.2) is 25.1 Å². The molecule has 0 atom stereocenters. The second-order valence-corrected chi connectivity index (χ2v) is 3.53. The Balaban J connectivity index is 2.87. The van der Waals surface area contributed by atoms with Gasteiger partial charge in [0.1, 0.15) is 0 Å². The van der Waals surface area contributed by atoms with Crippen molar-refractivity contribution < 1.29 is 0 Å². The molecule has 0 saturated carbocycles. The zero-order chi connectivity index (χ0) is 8.97. The van der Waals surface area contributed by atoms with Gasteiger partial charge in [0.2, 0.25) is 0 Å². The molecule has 0 amide bonds. The fraction of sp³-hybridized carbons (Fsp3) is 0.222. The Morgan fingerprint density at radius 3 is 2.92 bits per heavy atom. The van der Waals surface area contributed by atoms with E-state index in [0.29, 0.717) is 0 Å². The molecule has 2 nitrogen and oxygen atoms in total. The van der Waals surface area contributed by atoms with Gasteiger partial charge in [0, 0.05) is 6.20 Å². The third-order valence-corrected chi connectivity index (χ3v) is 2.38. The second kappa shape index (κ2) is 4.07. The van der Waals surface area contributed by atoms with Crippen molar-refractivity contribution >= 4 is 17.0 Å². The molecule has 64 valence electrons. The first-order valence-electron chi connectivity index (χ1n) is 3.74. The van der Waals surface area contributed by atoms with Gasteiger partial charge >= 0.3 is 0 Å². The number of hydrogen-bond acceptors (Lipinski definition) is 3. The Morgan fingerprint density at radius 2 is 2.50 bits per heavy atom. The predicted octanol–water partition coefficient (Wildman–Crippen LogP) is 2.55. The molecule has 0 bridgehead atoms. The fourth-order valence-corrected chi connectivity index (χ4v) is 1.71. The van der Waals surface area contributed by atoms with Gasteiger partial charge in [-0.3, -0.25) is 0 Å². The van der Waals surface area contributed by atoms with Gasteiger partial charge in [-0.2, -0.15) is 0 Å². The first-order chi connectivity index (χ1) is 5.77. The lowest BCUT2D eigenvalue weighted by Gasteiger charge is -2.01. The van der Waals surface area contributed by atoms with Crippen molar-refractivity contribution in [3.05, 3.63) is 34.9 Å². The summed E-state index contributed by atoms with van der Waals surface area (Å²) in [7, 11) is 0. The summed E-state index contributed by atoms with van der Waals surface area (Å²) in [5.74, 6) is 0. The SMILES string of the molecule is C=CN/C(=C\C)c1cnc(C)s1. The lowest BCUT2D eigenvalue weighted by molar-refractivity contribution is 1.22. The predicted molar refractivity (Wildman–Crippen MR) is 53.8 cm³/mol. The Morgan fingerprint density at radius 1 is 1.75 bits per heavy atom. The maximum Gasteiger partial charge on any atom is 0.0901 e. The number of nitrogens with zero attached hydrogens (tertiary/aromatic N) is 1. The van der Waals surface area contributed by atoms with E-state index in [0.717, 1.165) is 15.6 Å². The summed E-state index contributed by atoms with van der Waals surface area (Å²) in [5.41, 5.74) is 1.07. The van der Waals surface area contributed by atoms with E-state index in [-0.39, 0.29) is 0 Å². The van der Waals surface area contributed by atoms with Gasteiger partial charge < -0.3 is 5.32 Å². The van der Waals surface area contributed by atoms with Crippen LogP contribution in [0.1, 0.15) is 16.8 Å². The largest absolute Gasteiger partial charge is 0.361 e. The van der Waals surface area contributed by atoms with E-state index in [1.54, 1.807) is 17.5 Å². The van der Waals surface area contributed by atoms with Crippen LogP contribution < -0.4 is 5.32 Å². The van der Waals surface area contributed by atoms with Gasteiger partial charge in [-0.1, -0.05) is 12.7 Å². The quantitative estimate of drug-likeness (QED) is 0.773. The van der Waals surface area contributed by atoms with Crippen molar-refractivity contribution in [2.45, 2.75) is 13.8 Å². The number of allylic oxidation sites excluding steroid dienone is 1. The zero-order valence-electron chi connectivity index (χ0n) is 7.29. The van der Waals surface area contributed by atoms with E-state index >= 15 is 0 Å². The lowest BCUT2D eigenvalue weighted by Crippen LogP contribution is -2.00. The van der Waals surface area contributed by atoms with Crippen LogP contribution in [0.3, 0.4) is 0 Å². The smallest absolute Gasteiger partial charge is 0.0901 e. The van der Waals surface area contributed by atoms with Crippen molar-refractivity contribution in [1.29, 1.82) is 0 Å². The molecule has 0 aliphatic carbocycles. The minimum atomic E-state index is 1.07. The molecule has 0 radical (unpaired) electrons. The van der Waals surface area contributed by atoms with Gasteiger partial charge in [-0.05, 0) is 20.0 Å². The Hall–Kier alpha value is -1.09. The first-order valence-corrected chi connectivity index (χ1v) is 4.56. The number of thiazole rings is 1. The Bertz CT molecular complexity index is 299. The Kier molecular flexibility index (Phi) is 3.05. The highest BCUT2D eigenvalue weighted by atomic mass is 32.1. The van der Waals surface area contributed by atoms with E-state index in [4.69, 9.17) is 0 Å². The fourth-order valence-electron chi connectivity index (χ4n) is 0.893. The number of aromatic nitrogens is 1. The molecule has 1 aromatic heterocycles. The molecule has 1 rings (SSSR count). The van der Waals surface area contributed by atoms with Crippen LogP contribution in [-0.2, 0) is 0 Å². The lowest BCUT2D eigenvalue weighted by atomic mass is 10.3. The molecule has 0 aliphatic rings. The summed E-state index contributed by atoms with van der Waals surface area (Å²) in [6.07, 6.45) is 5.55. The molecule has 0 fully saturated rings. The van der Waals surface area contributed by atoms with E-state index in [9.17, 15) is 0 Å².